The summed E-state index contributed by atoms with van der Waals surface area (Å²) < 4.78 is 27.7. The standard InChI is InChI=1S/C24H21N3O4S/c1-2-15-25-24(29)19-11-3-6-12-20(19)26-23(28)16-27-21-13-7-4-9-17(21)18-10-5-8-14-22(18)32(27,30)31/h2-14H,1,15-16H2,(H,25,29)(H,26,28). The van der Waals surface area contributed by atoms with E-state index in [1.807, 2.05) is 12.1 Å². The first-order valence-electron chi connectivity index (χ1n) is 9.92. The molecule has 0 fully saturated rings. The number of carbonyl (C=O) groups is 2. The van der Waals surface area contributed by atoms with E-state index in [2.05, 4.69) is 17.2 Å². The van der Waals surface area contributed by atoms with Crippen LogP contribution in [0.5, 0.6) is 0 Å². The zero-order chi connectivity index (χ0) is 22.7. The molecule has 7 nitrogen and oxygen atoms in total. The molecule has 0 atom stereocenters. The molecule has 1 aliphatic rings. The third-order valence-electron chi connectivity index (χ3n) is 5.06. The van der Waals surface area contributed by atoms with Gasteiger partial charge in [-0.05, 0) is 24.3 Å². The van der Waals surface area contributed by atoms with Crippen LogP contribution in [-0.4, -0.2) is 33.3 Å². The Morgan fingerprint density at radius 1 is 0.906 bits per heavy atom. The van der Waals surface area contributed by atoms with Crippen LogP contribution >= 0.6 is 0 Å². The molecule has 0 saturated heterocycles. The number of carbonyl (C=O) groups excluding carboxylic acids is 2. The second kappa shape index (κ2) is 8.68. The lowest BCUT2D eigenvalue weighted by atomic mass is 10.0. The summed E-state index contributed by atoms with van der Waals surface area (Å²) in [5.41, 5.74) is 2.33. The van der Waals surface area contributed by atoms with Gasteiger partial charge in [-0.2, -0.15) is 0 Å². The number of fused-ring (bicyclic) bond motifs is 3. The summed E-state index contributed by atoms with van der Waals surface area (Å²) in [6.45, 7) is 3.41. The average Bonchev–Trinajstić information content (AvgIpc) is 2.80. The Hall–Kier alpha value is -3.91. The first kappa shape index (κ1) is 21.3. The minimum absolute atomic E-state index is 0.149. The van der Waals surface area contributed by atoms with Gasteiger partial charge in [-0.3, -0.25) is 13.9 Å². The fourth-order valence-electron chi connectivity index (χ4n) is 3.62. The van der Waals surface area contributed by atoms with Crippen LogP contribution < -0.4 is 14.9 Å². The number of rotatable bonds is 6. The average molecular weight is 448 g/mol. The molecule has 0 aliphatic carbocycles. The van der Waals surface area contributed by atoms with Gasteiger partial charge in [-0.25, -0.2) is 8.42 Å². The molecule has 0 saturated carbocycles. The van der Waals surface area contributed by atoms with Crippen LogP contribution in [0.25, 0.3) is 11.1 Å². The monoisotopic (exact) mass is 447 g/mol. The molecule has 4 rings (SSSR count). The zero-order valence-corrected chi connectivity index (χ0v) is 17.9. The maximum absolute atomic E-state index is 13.3. The molecule has 2 amide bonds. The molecule has 8 heteroatoms. The van der Waals surface area contributed by atoms with E-state index in [-0.39, 0.29) is 22.9 Å². The van der Waals surface area contributed by atoms with Crippen molar-refractivity contribution in [1.82, 2.24) is 5.32 Å². The fraction of sp³-hybridized carbons (Fsp3) is 0.0833. The molecule has 0 bridgehead atoms. The van der Waals surface area contributed by atoms with E-state index < -0.39 is 22.5 Å². The Kier molecular flexibility index (Phi) is 5.79. The molecule has 3 aromatic rings. The fourth-order valence-corrected chi connectivity index (χ4v) is 5.27. The molecule has 2 N–H and O–H groups in total. The quantitative estimate of drug-likeness (QED) is 0.566. The van der Waals surface area contributed by atoms with Crippen LogP contribution in [-0.2, 0) is 14.8 Å². The summed E-state index contributed by atoms with van der Waals surface area (Å²) in [7, 11) is -3.94. The number of benzene rings is 3. The number of para-hydroxylation sites is 2. The lowest BCUT2D eigenvalue weighted by molar-refractivity contribution is -0.114. The van der Waals surface area contributed by atoms with Gasteiger partial charge in [0.25, 0.3) is 15.9 Å². The number of nitrogens with zero attached hydrogens (tertiary/aromatic N) is 1. The Bertz CT molecular complexity index is 1320. The number of hydrogen-bond donors (Lipinski definition) is 2. The van der Waals surface area contributed by atoms with E-state index in [0.717, 1.165) is 9.87 Å². The molecule has 0 spiro atoms. The number of nitrogens with one attached hydrogen (secondary N) is 2. The molecule has 0 unspecified atom stereocenters. The molecule has 1 aliphatic heterocycles. The number of anilines is 2. The maximum Gasteiger partial charge on any atom is 0.265 e. The van der Waals surface area contributed by atoms with Crippen molar-refractivity contribution < 1.29 is 18.0 Å². The van der Waals surface area contributed by atoms with Gasteiger partial charge in [-0.15, -0.1) is 6.58 Å². The van der Waals surface area contributed by atoms with Gasteiger partial charge >= 0.3 is 0 Å². The van der Waals surface area contributed by atoms with Crippen molar-refractivity contribution in [3.8, 4) is 11.1 Å². The lowest BCUT2D eigenvalue weighted by Crippen LogP contribution is -2.40. The van der Waals surface area contributed by atoms with E-state index in [1.165, 1.54) is 6.07 Å². The first-order valence-corrected chi connectivity index (χ1v) is 11.4. The predicted octanol–water partition coefficient (Wildman–Crippen LogP) is 3.42. The predicted molar refractivity (Wildman–Crippen MR) is 124 cm³/mol. The van der Waals surface area contributed by atoms with Crippen molar-refractivity contribution in [1.29, 1.82) is 0 Å². The van der Waals surface area contributed by atoms with Crippen molar-refractivity contribution >= 4 is 33.2 Å². The third-order valence-corrected chi connectivity index (χ3v) is 6.88. The van der Waals surface area contributed by atoms with Gasteiger partial charge in [0.15, 0.2) is 0 Å². The minimum Gasteiger partial charge on any atom is -0.349 e. The van der Waals surface area contributed by atoms with Gasteiger partial charge in [0, 0.05) is 17.7 Å². The van der Waals surface area contributed by atoms with Gasteiger partial charge < -0.3 is 10.6 Å². The Morgan fingerprint density at radius 2 is 1.56 bits per heavy atom. The Morgan fingerprint density at radius 3 is 2.34 bits per heavy atom. The van der Waals surface area contributed by atoms with Gasteiger partial charge in [0.1, 0.15) is 6.54 Å². The van der Waals surface area contributed by atoms with Crippen molar-refractivity contribution in [2.45, 2.75) is 4.90 Å². The number of sulfonamides is 1. The second-order valence-electron chi connectivity index (χ2n) is 7.12. The summed E-state index contributed by atoms with van der Waals surface area (Å²) in [5, 5.41) is 5.34. The van der Waals surface area contributed by atoms with Crippen LogP contribution in [0.2, 0.25) is 0 Å². The largest absolute Gasteiger partial charge is 0.349 e. The SMILES string of the molecule is C=CCNC(=O)c1ccccc1NC(=O)CN1c2ccccc2-c2ccccc2S1(=O)=O. The normalized spacial score (nSPS) is 13.4. The van der Waals surface area contributed by atoms with Crippen LogP contribution in [0.1, 0.15) is 10.4 Å². The van der Waals surface area contributed by atoms with E-state index in [1.54, 1.807) is 60.7 Å². The minimum atomic E-state index is -3.94. The summed E-state index contributed by atoms with van der Waals surface area (Å²) in [5.74, 6) is -0.933. The highest BCUT2D eigenvalue weighted by atomic mass is 32.2. The molecular weight excluding hydrogens is 426 g/mol. The topological polar surface area (TPSA) is 95.6 Å². The van der Waals surface area contributed by atoms with Crippen LogP contribution in [0.3, 0.4) is 0 Å². The molecule has 162 valence electrons. The Labute approximate surface area is 186 Å². The molecular formula is C24H21N3O4S. The van der Waals surface area contributed by atoms with Crippen molar-refractivity contribution in [2.75, 3.05) is 22.7 Å². The Balaban J connectivity index is 1.64. The lowest BCUT2D eigenvalue weighted by Gasteiger charge is -2.31. The highest BCUT2D eigenvalue weighted by molar-refractivity contribution is 7.93. The number of hydrogen-bond acceptors (Lipinski definition) is 4. The van der Waals surface area contributed by atoms with Crippen LogP contribution in [0.15, 0.2) is 90.3 Å². The smallest absolute Gasteiger partial charge is 0.265 e. The first-order chi connectivity index (χ1) is 15.4. The highest BCUT2D eigenvalue weighted by Crippen LogP contribution is 2.42. The molecule has 32 heavy (non-hydrogen) atoms. The molecule has 0 radical (unpaired) electrons. The van der Waals surface area contributed by atoms with E-state index in [4.69, 9.17) is 0 Å². The summed E-state index contributed by atoms with van der Waals surface area (Å²) in [6.07, 6.45) is 1.55. The van der Waals surface area contributed by atoms with Crippen LogP contribution in [0, 0.1) is 0 Å². The van der Waals surface area contributed by atoms with Crippen molar-refractivity contribution in [3.05, 3.63) is 91.0 Å². The third kappa shape index (κ3) is 3.88. The maximum atomic E-state index is 13.3. The summed E-state index contributed by atoms with van der Waals surface area (Å²) in [4.78, 5) is 25.4. The van der Waals surface area contributed by atoms with E-state index >= 15 is 0 Å². The second-order valence-corrected chi connectivity index (χ2v) is 8.95. The number of amides is 2. The van der Waals surface area contributed by atoms with Gasteiger partial charge in [0.2, 0.25) is 5.91 Å². The van der Waals surface area contributed by atoms with Crippen molar-refractivity contribution in [2.24, 2.45) is 0 Å². The zero-order valence-electron chi connectivity index (χ0n) is 17.1. The highest BCUT2D eigenvalue weighted by Gasteiger charge is 2.35. The van der Waals surface area contributed by atoms with Gasteiger partial charge in [-0.1, -0.05) is 54.6 Å². The molecule has 1 heterocycles. The summed E-state index contributed by atoms with van der Waals surface area (Å²) >= 11 is 0. The molecule has 3 aromatic carbocycles. The van der Waals surface area contributed by atoms with E-state index in [9.17, 15) is 18.0 Å². The van der Waals surface area contributed by atoms with Gasteiger partial charge in [0.05, 0.1) is 21.8 Å². The van der Waals surface area contributed by atoms with Crippen LogP contribution in [0.4, 0.5) is 11.4 Å². The van der Waals surface area contributed by atoms with Crippen molar-refractivity contribution in [3.63, 3.8) is 0 Å². The van der Waals surface area contributed by atoms with E-state index in [0.29, 0.717) is 16.9 Å². The molecule has 0 aromatic heterocycles. The summed E-state index contributed by atoms with van der Waals surface area (Å²) in [6, 6.07) is 20.3.